The molecule has 0 spiro atoms. The van der Waals surface area contributed by atoms with Crippen molar-refractivity contribution in [3.8, 4) is 0 Å². The third-order valence-electron chi connectivity index (χ3n) is 2.82. The molecule has 2 nitrogen and oxygen atoms in total. The Morgan fingerprint density at radius 1 is 1.05 bits per heavy atom. The molecule has 1 heterocycles. The highest BCUT2D eigenvalue weighted by Crippen LogP contribution is 2.33. The fraction of sp³-hybridized carbons (Fsp3) is 0.133. The minimum absolute atomic E-state index is 0.0599. The Kier molecular flexibility index (Phi) is 3.76. The molecule has 1 fully saturated rings. The Balaban J connectivity index is 1.74. The van der Waals surface area contributed by atoms with E-state index in [0.29, 0.717) is 0 Å². The molecule has 1 aliphatic heterocycles. The largest absolute Gasteiger partial charge is 0.464 e. The van der Waals surface area contributed by atoms with E-state index in [-0.39, 0.29) is 6.10 Å². The molecule has 0 bridgehead atoms. The van der Waals surface area contributed by atoms with Gasteiger partial charge in [0.25, 0.3) is 5.23 Å². The normalized spacial score (nSPS) is 20.5. The molecule has 1 aliphatic rings. The zero-order chi connectivity index (χ0) is 13.1. The molecule has 0 aliphatic carbocycles. The van der Waals surface area contributed by atoms with Gasteiger partial charge in [-0.25, -0.2) is 4.99 Å². The first kappa shape index (κ1) is 12.6. The first-order valence-electron chi connectivity index (χ1n) is 6.00. The Bertz CT molecular complexity index is 583. The fourth-order valence-corrected chi connectivity index (χ4v) is 2.88. The van der Waals surface area contributed by atoms with Crippen LogP contribution >= 0.6 is 23.4 Å². The van der Waals surface area contributed by atoms with Crippen molar-refractivity contribution in [2.75, 3.05) is 5.75 Å². The van der Waals surface area contributed by atoms with Crippen LogP contribution in [0.4, 0.5) is 5.69 Å². The molecule has 0 radical (unpaired) electrons. The van der Waals surface area contributed by atoms with E-state index in [0.717, 1.165) is 27.3 Å². The number of benzene rings is 2. The van der Waals surface area contributed by atoms with Gasteiger partial charge in [0.15, 0.2) is 0 Å². The van der Waals surface area contributed by atoms with Crippen LogP contribution < -0.4 is 0 Å². The molecule has 1 unspecified atom stereocenters. The van der Waals surface area contributed by atoms with Crippen molar-refractivity contribution in [3.63, 3.8) is 0 Å². The number of aliphatic imine (C=N–C) groups is 1. The van der Waals surface area contributed by atoms with Crippen LogP contribution in [0.25, 0.3) is 0 Å². The molecular formula is C15H12ClNOS. The van der Waals surface area contributed by atoms with Gasteiger partial charge in [-0.3, -0.25) is 0 Å². The second kappa shape index (κ2) is 5.68. The lowest BCUT2D eigenvalue weighted by atomic mass is 10.1. The van der Waals surface area contributed by atoms with Gasteiger partial charge in [0.1, 0.15) is 6.10 Å². The minimum Gasteiger partial charge on any atom is -0.464 e. The molecule has 0 saturated carbocycles. The molecule has 19 heavy (non-hydrogen) atoms. The SMILES string of the molecule is Clc1ccc(C2CSC(=Nc3ccccc3)O2)cc1. The number of hydrogen-bond acceptors (Lipinski definition) is 3. The molecular weight excluding hydrogens is 278 g/mol. The van der Waals surface area contributed by atoms with Crippen molar-refractivity contribution >= 4 is 34.3 Å². The van der Waals surface area contributed by atoms with E-state index in [9.17, 15) is 0 Å². The quantitative estimate of drug-likeness (QED) is 0.789. The Morgan fingerprint density at radius 2 is 1.79 bits per heavy atom. The van der Waals surface area contributed by atoms with Crippen LogP contribution in [-0.4, -0.2) is 11.0 Å². The number of para-hydroxylation sites is 1. The van der Waals surface area contributed by atoms with E-state index in [1.165, 1.54) is 0 Å². The summed E-state index contributed by atoms with van der Waals surface area (Å²) in [5.41, 5.74) is 2.05. The summed E-state index contributed by atoms with van der Waals surface area (Å²) in [6.07, 6.45) is 0.0599. The zero-order valence-electron chi connectivity index (χ0n) is 10.1. The third kappa shape index (κ3) is 3.11. The van der Waals surface area contributed by atoms with E-state index < -0.39 is 0 Å². The fourth-order valence-electron chi connectivity index (χ4n) is 1.84. The summed E-state index contributed by atoms with van der Waals surface area (Å²) in [4.78, 5) is 4.48. The smallest absolute Gasteiger partial charge is 0.251 e. The summed E-state index contributed by atoms with van der Waals surface area (Å²) >= 11 is 7.52. The van der Waals surface area contributed by atoms with Crippen molar-refractivity contribution in [2.45, 2.75) is 6.10 Å². The molecule has 2 aromatic carbocycles. The molecule has 96 valence electrons. The average Bonchev–Trinajstić information content (AvgIpc) is 2.89. The van der Waals surface area contributed by atoms with Crippen LogP contribution in [0.5, 0.6) is 0 Å². The van der Waals surface area contributed by atoms with Crippen LogP contribution in [0.1, 0.15) is 11.7 Å². The number of halogens is 1. The van der Waals surface area contributed by atoms with Gasteiger partial charge in [-0.15, -0.1) is 0 Å². The van der Waals surface area contributed by atoms with Gasteiger partial charge in [-0.05, 0) is 29.8 Å². The van der Waals surface area contributed by atoms with E-state index in [1.807, 2.05) is 54.6 Å². The molecule has 0 amide bonds. The first-order valence-corrected chi connectivity index (χ1v) is 7.36. The van der Waals surface area contributed by atoms with Gasteiger partial charge in [0, 0.05) is 10.8 Å². The zero-order valence-corrected chi connectivity index (χ0v) is 11.7. The van der Waals surface area contributed by atoms with Gasteiger partial charge < -0.3 is 4.74 Å². The molecule has 0 aromatic heterocycles. The lowest BCUT2D eigenvalue weighted by Gasteiger charge is -2.09. The van der Waals surface area contributed by atoms with Crippen LogP contribution in [0.3, 0.4) is 0 Å². The minimum atomic E-state index is 0.0599. The molecule has 4 heteroatoms. The maximum Gasteiger partial charge on any atom is 0.251 e. The van der Waals surface area contributed by atoms with Gasteiger partial charge in [0.05, 0.1) is 5.69 Å². The van der Waals surface area contributed by atoms with Gasteiger partial charge in [-0.2, -0.15) is 0 Å². The summed E-state index contributed by atoms with van der Waals surface area (Å²) in [6, 6.07) is 17.6. The van der Waals surface area contributed by atoms with Gasteiger partial charge in [-0.1, -0.05) is 53.7 Å². The summed E-state index contributed by atoms with van der Waals surface area (Å²) < 4.78 is 5.86. The summed E-state index contributed by atoms with van der Waals surface area (Å²) in [5, 5.41) is 1.47. The average molecular weight is 290 g/mol. The first-order chi connectivity index (χ1) is 9.31. The monoisotopic (exact) mass is 289 g/mol. The molecule has 3 rings (SSSR count). The highest BCUT2D eigenvalue weighted by Gasteiger charge is 2.24. The van der Waals surface area contributed by atoms with Crippen LogP contribution in [0.2, 0.25) is 5.02 Å². The number of rotatable bonds is 2. The Labute approximate surface area is 121 Å². The van der Waals surface area contributed by atoms with E-state index >= 15 is 0 Å². The van der Waals surface area contributed by atoms with Crippen LogP contribution in [0.15, 0.2) is 59.6 Å². The lowest BCUT2D eigenvalue weighted by molar-refractivity contribution is 0.236. The second-order valence-corrected chi connectivity index (χ2v) is 5.59. The predicted molar refractivity (Wildman–Crippen MR) is 81.3 cm³/mol. The molecule has 2 aromatic rings. The lowest BCUT2D eigenvalue weighted by Crippen LogP contribution is -2.00. The van der Waals surface area contributed by atoms with Crippen molar-refractivity contribution in [3.05, 3.63) is 65.2 Å². The van der Waals surface area contributed by atoms with Crippen LogP contribution in [0, 0.1) is 0 Å². The molecule has 1 atom stereocenters. The summed E-state index contributed by atoms with van der Waals surface area (Å²) in [6.45, 7) is 0. The number of ether oxygens (including phenoxy) is 1. The van der Waals surface area contributed by atoms with Gasteiger partial charge >= 0.3 is 0 Å². The number of thioether (sulfide) groups is 1. The maximum absolute atomic E-state index is 5.88. The number of nitrogens with zero attached hydrogens (tertiary/aromatic N) is 1. The highest BCUT2D eigenvalue weighted by atomic mass is 35.5. The third-order valence-corrected chi connectivity index (χ3v) is 3.98. The maximum atomic E-state index is 5.88. The summed E-state index contributed by atoms with van der Waals surface area (Å²) in [5.74, 6) is 0.882. The van der Waals surface area contributed by atoms with Crippen molar-refractivity contribution < 1.29 is 4.74 Å². The van der Waals surface area contributed by atoms with E-state index in [2.05, 4.69) is 4.99 Å². The molecule has 0 N–H and O–H groups in total. The second-order valence-electron chi connectivity index (χ2n) is 4.18. The Hall–Kier alpha value is -1.45. The predicted octanol–water partition coefficient (Wildman–Crippen LogP) is 4.83. The standard InChI is InChI=1S/C15H12ClNOS/c16-12-8-6-11(7-9-12)14-10-19-15(18-14)17-13-4-2-1-3-5-13/h1-9,14H,10H2. The Morgan fingerprint density at radius 3 is 2.53 bits per heavy atom. The van der Waals surface area contributed by atoms with Crippen molar-refractivity contribution in [2.24, 2.45) is 4.99 Å². The topological polar surface area (TPSA) is 21.6 Å². The van der Waals surface area contributed by atoms with Crippen LogP contribution in [-0.2, 0) is 4.74 Å². The van der Waals surface area contributed by atoms with Crippen molar-refractivity contribution in [1.29, 1.82) is 0 Å². The number of hydrogen-bond donors (Lipinski definition) is 0. The highest BCUT2D eigenvalue weighted by molar-refractivity contribution is 8.13. The van der Waals surface area contributed by atoms with E-state index in [4.69, 9.17) is 16.3 Å². The molecule has 1 saturated heterocycles. The van der Waals surface area contributed by atoms with E-state index in [1.54, 1.807) is 11.8 Å². The van der Waals surface area contributed by atoms with Gasteiger partial charge in [0.2, 0.25) is 0 Å². The summed E-state index contributed by atoms with van der Waals surface area (Å²) in [7, 11) is 0. The van der Waals surface area contributed by atoms with Crippen molar-refractivity contribution in [1.82, 2.24) is 0 Å².